The first-order valence-electron chi connectivity index (χ1n) is 4.02. The predicted octanol–water partition coefficient (Wildman–Crippen LogP) is 0.913. The van der Waals surface area contributed by atoms with Crippen molar-refractivity contribution < 1.29 is 0 Å². The molecule has 0 aliphatic rings. The lowest BCUT2D eigenvalue weighted by Crippen LogP contribution is -2.14. The Hall–Kier alpha value is -1.27. The first-order valence-corrected chi connectivity index (χ1v) is 4.02. The lowest BCUT2D eigenvalue weighted by atomic mass is 10.4. The number of H-pyrrole nitrogens is 1. The molecule has 1 rings (SSSR count). The fourth-order valence-corrected chi connectivity index (χ4v) is 0.877. The zero-order valence-electron chi connectivity index (χ0n) is 7.22. The van der Waals surface area contributed by atoms with E-state index in [1.807, 2.05) is 13.1 Å². The second-order valence-electron chi connectivity index (χ2n) is 2.39. The van der Waals surface area contributed by atoms with Gasteiger partial charge >= 0.3 is 0 Å². The maximum absolute atomic E-state index is 4.08. The van der Waals surface area contributed by atoms with Crippen LogP contribution in [0.5, 0.6) is 0 Å². The Bertz CT molecular complexity index is 253. The van der Waals surface area contributed by atoms with Crippen LogP contribution in [0.25, 0.3) is 0 Å². The molecule has 0 bridgehead atoms. The fraction of sp³-hybridized carbons (Fsp3) is 0.444. The van der Waals surface area contributed by atoms with Gasteiger partial charge in [-0.3, -0.25) is 0 Å². The van der Waals surface area contributed by atoms with Crippen molar-refractivity contribution in [2.24, 2.45) is 0 Å². The first kappa shape index (κ1) is 8.82. The first-order chi connectivity index (χ1) is 5.93. The minimum atomic E-state index is 0.790. The summed E-state index contributed by atoms with van der Waals surface area (Å²) in [5, 5.41) is 3.23. The average molecular weight is 163 g/mol. The van der Waals surface area contributed by atoms with Gasteiger partial charge in [0.05, 0.1) is 6.54 Å². The van der Waals surface area contributed by atoms with Gasteiger partial charge in [-0.1, -0.05) is 0 Å². The van der Waals surface area contributed by atoms with Crippen LogP contribution < -0.4 is 5.32 Å². The van der Waals surface area contributed by atoms with Crippen molar-refractivity contribution in [3.63, 3.8) is 0 Å². The smallest absolute Gasteiger partial charge is 0.120 e. The van der Waals surface area contributed by atoms with E-state index in [4.69, 9.17) is 0 Å². The summed E-state index contributed by atoms with van der Waals surface area (Å²) in [4.78, 5) is 7.10. The summed E-state index contributed by atoms with van der Waals surface area (Å²) in [5.74, 6) is 6.80. The van der Waals surface area contributed by atoms with E-state index in [-0.39, 0.29) is 0 Å². The standard InChI is InChI=1S/C9H13N3/c1-2-3-4-5-10-8-9-11-6-7-12-9/h6-7,10H,4-5,8H2,1H3,(H,11,12). The van der Waals surface area contributed by atoms with Crippen LogP contribution in [0.15, 0.2) is 12.4 Å². The maximum Gasteiger partial charge on any atom is 0.120 e. The van der Waals surface area contributed by atoms with Gasteiger partial charge < -0.3 is 10.3 Å². The zero-order valence-corrected chi connectivity index (χ0v) is 7.22. The van der Waals surface area contributed by atoms with E-state index in [0.717, 1.165) is 25.3 Å². The van der Waals surface area contributed by atoms with E-state index in [9.17, 15) is 0 Å². The molecule has 12 heavy (non-hydrogen) atoms. The normalized spacial score (nSPS) is 9.08. The molecule has 2 N–H and O–H groups in total. The van der Waals surface area contributed by atoms with Crippen LogP contribution in [0.3, 0.4) is 0 Å². The summed E-state index contributed by atoms with van der Waals surface area (Å²) in [6.07, 6.45) is 4.48. The molecule has 0 fully saturated rings. The van der Waals surface area contributed by atoms with E-state index < -0.39 is 0 Å². The number of hydrogen-bond donors (Lipinski definition) is 2. The van der Waals surface area contributed by atoms with Gasteiger partial charge in [-0.25, -0.2) is 4.98 Å². The number of rotatable bonds is 4. The van der Waals surface area contributed by atoms with E-state index in [2.05, 4.69) is 27.1 Å². The molecule has 0 aromatic carbocycles. The Kier molecular flexibility index (Phi) is 3.96. The molecule has 0 amide bonds. The molecule has 64 valence electrons. The second kappa shape index (κ2) is 5.39. The van der Waals surface area contributed by atoms with Gasteiger partial charge in [0.1, 0.15) is 5.82 Å². The van der Waals surface area contributed by atoms with E-state index in [1.54, 1.807) is 6.20 Å². The molecular weight excluding hydrogens is 150 g/mol. The van der Waals surface area contributed by atoms with Crippen LogP contribution >= 0.6 is 0 Å². The van der Waals surface area contributed by atoms with Crippen LogP contribution in [0.1, 0.15) is 19.2 Å². The van der Waals surface area contributed by atoms with Crippen molar-refractivity contribution in [2.75, 3.05) is 6.54 Å². The van der Waals surface area contributed by atoms with Crippen LogP contribution in [0.2, 0.25) is 0 Å². The van der Waals surface area contributed by atoms with Crippen LogP contribution in [0, 0.1) is 11.8 Å². The maximum atomic E-state index is 4.08. The summed E-state index contributed by atoms with van der Waals surface area (Å²) >= 11 is 0. The molecule has 0 saturated carbocycles. The molecule has 0 radical (unpaired) electrons. The number of nitrogens with zero attached hydrogens (tertiary/aromatic N) is 1. The largest absolute Gasteiger partial charge is 0.348 e. The third-order valence-electron chi connectivity index (χ3n) is 1.45. The van der Waals surface area contributed by atoms with Gasteiger partial charge in [0, 0.05) is 25.4 Å². The number of imidazole rings is 1. The molecule has 0 aliphatic heterocycles. The van der Waals surface area contributed by atoms with Gasteiger partial charge in [0.2, 0.25) is 0 Å². The molecule has 3 nitrogen and oxygen atoms in total. The summed E-state index contributed by atoms with van der Waals surface area (Å²) in [7, 11) is 0. The average Bonchev–Trinajstić information content (AvgIpc) is 2.57. The molecule has 0 saturated heterocycles. The summed E-state index contributed by atoms with van der Waals surface area (Å²) < 4.78 is 0. The number of aromatic nitrogens is 2. The van der Waals surface area contributed by atoms with Crippen LogP contribution in [-0.2, 0) is 6.54 Å². The molecular formula is C9H13N3. The third-order valence-corrected chi connectivity index (χ3v) is 1.45. The minimum Gasteiger partial charge on any atom is -0.348 e. The molecule has 1 aromatic rings. The third kappa shape index (κ3) is 3.22. The van der Waals surface area contributed by atoms with Gasteiger partial charge in [0.15, 0.2) is 0 Å². The molecule has 0 aliphatic carbocycles. The molecule has 3 heteroatoms. The van der Waals surface area contributed by atoms with Crippen molar-refractivity contribution in [1.82, 2.24) is 15.3 Å². The molecule has 0 unspecified atom stereocenters. The fourth-order valence-electron chi connectivity index (χ4n) is 0.877. The Morgan fingerprint density at radius 1 is 1.67 bits per heavy atom. The Morgan fingerprint density at radius 2 is 2.58 bits per heavy atom. The molecule has 1 aromatic heterocycles. The highest BCUT2D eigenvalue weighted by molar-refractivity contribution is 4.95. The van der Waals surface area contributed by atoms with Crippen molar-refractivity contribution in [2.45, 2.75) is 19.9 Å². The summed E-state index contributed by atoms with van der Waals surface area (Å²) in [6.45, 7) is 3.56. The second-order valence-corrected chi connectivity index (χ2v) is 2.39. The number of hydrogen-bond acceptors (Lipinski definition) is 2. The van der Waals surface area contributed by atoms with Crippen LogP contribution in [0.4, 0.5) is 0 Å². The van der Waals surface area contributed by atoms with E-state index in [0.29, 0.717) is 0 Å². The Morgan fingerprint density at radius 3 is 3.25 bits per heavy atom. The lowest BCUT2D eigenvalue weighted by Gasteiger charge is -1.97. The van der Waals surface area contributed by atoms with Gasteiger partial charge in [-0.2, -0.15) is 0 Å². The number of aromatic amines is 1. The highest BCUT2D eigenvalue weighted by Gasteiger charge is 1.90. The minimum absolute atomic E-state index is 0.790. The number of nitrogens with one attached hydrogen (secondary N) is 2. The predicted molar refractivity (Wildman–Crippen MR) is 48.4 cm³/mol. The molecule has 1 heterocycles. The van der Waals surface area contributed by atoms with Gasteiger partial charge in [-0.05, 0) is 6.92 Å². The topological polar surface area (TPSA) is 40.7 Å². The summed E-state index contributed by atoms with van der Waals surface area (Å²) in [5.41, 5.74) is 0. The Balaban J connectivity index is 2.06. The molecule has 0 spiro atoms. The SMILES string of the molecule is CC#CCCNCc1ncc[nH]1. The summed E-state index contributed by atoms with van der Waals surface area (Å²) in [6, 6.07) is 0. The van der Waals surface area contributed by atoms with Gasteiger partial charge in [0.25, 0.3) is 0 Å². The highest BCUT2D eigenvalue weighted by Crippen LogP contribution is 1.86. The van der Waals surface area contributed by atoms with Crippen molar-refractivity contribution in [3.05, 3.63) is 18.2 Å². The highest BCUT2D eigenvalue weighted by atomic mass is 15.0. The quantitative estimate of drug-likeness (QED) is 0.511. The monoisotopic (exact) mass is 163 g/mol. The van der Waals surface area contributed by atoms with E-state index in [1.165, 1.54) is 0 Å². The van der Waals surface area contributed by atoms with Crippen LogP contribution in [-0.4, -0.2) is 16.5 Å². The van der Waals surface area contributed by atoms with Crippen molar-refractivity contribution in [3.8, 4) is 11.8 Å². The zero-order chi connectivity index (χ0) is 8.65. The van der Waals surface area contributed by atoms with Crippen molar-refractivity contribution in [1.29, 1.82) is 0 Å². The Labute approximate surface area is 72.6 Å². The van der Waals surface area contributed by atoms with Crippen molar-refractivity contribution >= 4 is 0 Å². The lowest BCUT2D eigenvalue weighted by molar-refractivity contribution is 0.677. The van der Waals surface area contributed by atoms with Gasteiger partial charge in [-0.15, -0.1) is 11.8 Å². The van der Waals surface area contributed by atoms with E-state index >= 15 is 0 Å². The molecule has 0 atom stereocenters.